The van der Waals surface area contributed by atoms with Crippen LogP contribution in [-0.4, -0.2) is 53.9 Å². The molecule has 1 N–H and O–H groups in total. The zero-order valence-corrected chi connectivity index (χ0v) is 22.0. The number of amides is 3. The highest BCUT2D eigenvalue weighted by Crippen LogP contribution is 2.52. The first kappa shape index (κ1) is 25.7. The van der Waals surface area contributed by atoms with Crippen LogP contribution in [0.2, 0.25) is 0 Å². The second-order valence-electron chi connectivity index (χ2n) is 11.4. The van der Waals surface area contributed by atoms with Crippen molar-refractivity contribution in [3.8, 4) is 0 Å². The van der Waals surface area contributed by atoms with Crippen LogP contribution in [0.15, 0.2) is 48.5 Å². The van der Waals surface area contributed by atoms with Crippen LogP contribution in [0.4, 0.5) is 10.5 Å². The van der Waals surface area contributed by atoms with Crippen molar-refractivity contribution < 1.29 is 19.1 Å². The van der Waals surface area contributed by atoms with Gasteiger partial charge >= 0.3 is 12.0 Å². The summed E-state index contributed by atoms with van der Waals surface area (Å²) in [6.45, 7) is 10.2. The fraction of sp³-hybridized carbons (Fsp3) is 0.483. The van der Waals surface area contributed by atoms with Crippen LogP contribution in [-0.2, 0) is 11.3 Å². The van der Waals surface area contributed by atoms with E-state index < -0.39 is 5.97 Å². The van der Waals surface area contributed by atoms with E-state index in [0.717, 1.165) is 31.4 Å². The van der Waals surface area contributed by atoms with Crippen molar-refractivity contribution in [2.45, 2.75) is 59.5 Å². The molecule has 3 amide bonds. The van der Waals surface area contributed by atoms with Crippen LogP contribution >= 0.6 is 0 Å². The third kappa shape index (κ3) is 5.72. The zero-order valence-electron chi connectivity index (χ0n) is 22.0. The number of hydrogen-bond donors (Lipinski definition) is 1. The second kappa shape index (κ2) is 9.96. The Morgan fingerprint density at radius 2 is 1.78 bits per heavy atom. The van der Waals surface area contributed by atoms with Gasteiger partial charge in [-0.05, 0) is 72.9 Å². The fourth-order valence-electron chi connectivity index (χ4n) is 6.12. The minimum absolute atomic E-state index is 0.0977. The van der Waals surface area contributed by atoms with Gasteiger partial charge in [0.05, 0.1) is 12.2 Å². The van der Waals surface area contributed by atoms with Crippen molar-refractivity contribution in [1.82, 2.24) is 9.80 Å². The van der Waals surface area contributed by atoms with Crippen molar-refractivity contribution in [3.63, 3.8) is 0 Å². The Bertz CT molecular complexity index is 1140. The Kier molecular flexibility index (Phi) is 7.12. The molecular weight excluding hydrogens is 454 g/mol. The van der Waals surface area contributed by atoms with E-state index >= 15 is 0 Å². The maximum atomic E-state index is 13.3. The minimum atomic E-state index is -0.424. The molecular formula is C29H37N3O4. The van der Waals surface area contributed by atoms with Crippen molar-refractivity contribution >= 4 is 23.6 Å². The second-order valence-corrected chi connectivity index (χ2v) is 11.4. The molecule has 1 saturated carbocycles. The predicted octanol–water partition coefficient (Wildman–Crippen LogP) is 5.57. The maximum absolute atomic E-state index is 13.3. The standard InChI is InChI=1S/C29H37N3O4/c1-6-36-26(34)22-8-7-9-23(14-22)30-27(35)31(5)17-20-10-12-21(13-11-20)25(33)32-19-29(4)16-24(32)15-28(2,3)18-29/h7-14,24H,6,15-19H2,1-5H3,(H,30,35). The zero-order chi connectivity index (χ0) is 26.1. The molecule has 192 valence electrons. The van der Waals surface area contributed by atoms with E-state index in [9.17, 15) is 14.4 Å². The number of carbonyl (C=O) groups is 3. The summed E-state index contributed by atoms with van der Waals surface area (Å²) in [5.41, 5.74) is 2.99. The number of likely N-dealkylation sites (tertiary alicyclic amines) is 1. The Hall–Kier alpha value is -3.35. The first-order chi connectivity index (χ1) is 17.0. The fourth-order valence-corrected chi connectivity index (χ4v) is 6.12. The molecule has 0 radical (unpaired) electrons. The van der Waals surface area contributed by atoms with Gasteiger partial charge in [0, 0.05) is 37.4 Å². The van der Waals surface area contributed by atoms with E-state index in [0.29, 0.717) is 36.0 Å². The molecule has 1 aliphatic heterocycles. The third-order valence-electron chi connectivity index (χ3n) is 7.27. The molecule has 1 aliphatic carbocycles. The number of hydrogen-bond acceptors (Lipinski definition) is 4. The number of rotatable bonds is 6. The van der Waals surface area contributed by atoms with Gasteiger partial charge in [-0.3, -0.25) is 4.79 Å². The normalized spacial score (nSPS) is 22.1. The van der Waals surface area contributed by atoms with Gasteiger partial charge in [0.15, 0.2) is 0 Å². The van der Waals surface area contributed by atoms with Crippen LogP contribution in [0.25, 0.3) is 0 Å². The van der Waals surface area contributed by atoms with Gasteiger partial charge in [-0.25, -0.2) is 9.59 Å². The average molecular weight is 492 g/mol. The summed E-state index contributed by atoms with van der Waals surface area (Å²) in [4.78, 5) is 41.6. The molecule has 2 atom stereocenters. The van der Waals surface area contributed by atoms with Crippen molar-refractivity contribution in [3.05, 3.63) is 65.2 Å². The van der Waals surface area contributed by atoms with Gasteiger partial charge in [0.2, 0.25) is 0 Å². The smallest absolute Gasteiger partial charge is 0.338 e. The lowest BCUT2D eigenvalue weighted by Crippen LogP contribution is -2.37. The lowest BCUT2D eigenvalue weighted by Gasteiger charge is -2.39. The molecule has 2 aliphatic rings. The number of carbonyl (C=O) groups excluding carboxylic acids is 3. The number of nitrogens with zero attached hydrogens (tertiary/aromatic N) is 2. The molecule has 7 heteroatoms. The van der Waals surface area contributed by atoms with Crippen molar-refractivity contribution in [2.75, 3.05) is 25.5 Å². The number of esters is 1. The molecule has 0 aromatic heterocycles. The van der Waals surface area contributed by atoms with E-state index in [4.69, 9.17) is 4.74 Å². The molecule has 7 nitrogen and oxygen atoms in total. The summed E-state index contributed by atoms with van der Waals surface area (Å²) in [5, 5.41) is 2.82. The molecule has 1 saturated heterocycles. The molecule has 36 heavy (non-hydrogen) atoms. The predicted molar refractivity (Wildman–Crippen MR) is 140 cm³/mol. The van der Waals surface area contributed by atoms with Gasteiger partial charge in [-0.2, -0.15) is 0 Å². The van der Waals surface area contributed by atoms with Gasteiger partial charge in [0.25, 0.3) is 5.91 Å². The summed E-state index contributed by atoms with van der Waals surface area (Å²) in [6.07, 6.45) is 3.29. The van der Waals surface area contributed by atoms with Gasteiger partial charge < -0.3 is 19.9 Å². The van der Waals surface area contributed by atoms with E-state index in [1.54, 1.807) is 43.1 Å². The maximum Gasteiger partial charge on any atom is 0.338 e. The Balaban J connectivity index is 1.35. The number of nitrogens with one attached hydrogen (secondary N) is 1. The Morgan fingerprint density at radius 1 is 1.06 bits per heavy atom. The monoisotopic (exact) mass is 491 g/mol. The molecule has 2 unspecified atom stereocenters. The molecule has 0 spiro atoms. The third-order valence-corrected chi connectivity index (χ3v) is 7.27. The lowest BCUT2D eigenvalue weighted by atomic mass is 9.65. The summed E-state index contributed by atoms with van der Waals surface area (Å²) in [5.74, 6) is -0.327. The van der Waals surface area contributed by atoms with E-state index in [1.165, 1.54) is 0 Å². The summed E-state index contributed by atoms with van der Waals surface area (Å²) in [7, 11) is 1.70. The highest BCUT2D eigenvalue weighted by molar-refractivity contribution is 5.95. The first-order valence-corrected chi connectivity index (χ1v) is 12.7. The van der Waals surface area contributed by atoms with Crippen LogP contribution in [0, 0.1) is 10.8 Å². The summed E-state index contributed by atoms with van der Waals surface area (Å²) >= 11 is 0. The molecule has 1 heterocycles. The van der Waals surface area contributed by atoms with E-state index in [-0.39, 0.29) is 22.8 Å². The molecule has 2 bridgehead atoms. The van der Waals surface area contributed by atoms with E-state index in [2.05, 4.69) is 31.0 Å². The van der Waals surface area contributed by atoms with Crippen molar-refractivity contribution in [2.24, 2.45) is 10.8 Å². The average Bonchev–Trinajstić information content (AvgIpc) is 3.07. The van der Waals surface area contributed by atoms with Crippen molar-refractivity contribution in [1.29, 1.82) is 0 Å². The van der Waals surface area contributed by atoms with Crippen LogP contribution in [0.1, 0.15) is 73.2 Å². The SMILES string of the molecule is CCOC(=O)c1cccc(NC(=O)N(C)Cc2ccc(C(=O)N3CC4(C)CC3CC(C)(C)C4)cc2)c1. The number of anilines is 1. The number of benzene rings is 2. The largest absolute Gasteiger partial charge is 0.462 e. The van der Waals surface area contributed by atoms with Gasteiger partial charge in [-0.15, -0.1) is 0 Å². The lowest BCUT2D eigenvalue weighted by molar-refractivity contribution is 0.0526. The molecule has 2 aromatic rings. The number of fused-ring (bicyclic) bond motifs is 2. The highest BCUT2D eigenvalue weighted by atomic mass is 16.5. The van der Waals surface area contributed by atoms with E-state index in [1.807, 2.05) is 24.3 Å². The number of urea groups is 1. The number of ether oxygens (including phenoxy) is 1. The van der Waals surface area contributed by atoms with Crippen LogP contribution in [0.3, 0.4) is 0 Å². The van der Waals surface area contributed by atoms with Crippen LogP contribution in [0.5, 0.6) is 0 Å². The molecule has 2 fully saturated rings. The first-order valence-electron chi connectivity index (χ1n) is 12.7. The van der Waals surface area contributed by atoms with Gasteiger partial charge in [-0.1, -0.05) is 39.0 Å². The Morgan fingerprint density at radius 3 is 2.47 bits per heavy atom. The quantitative estimate of drug-likeness (QED) is 0.536. The van der Waals surface area contributed by atoms with Gasteiger partial charge in [0.1, 0.15) is 0 Å². The minimum Gasteiger partial charge on any atom is -0.462 e. The van der Waals surface area contributed by atoms with Crippen LogP contribution < -0.4 is 5.32 Å². The Labute approximate surface area is 213 Å². The topological polar surface area (TPSA) is 79.0 Å². The summed E-state index contributed by atoms with van der Waals surface area (Å²) < 4.78 is 5.02. The summed E-state index contributed by atoms with van der Waals surface area (Å²) in [6, 6.07) is 14.2. The highest BCUT2D eigenvalue weighted by Gasteiger charge is 2.51. The molecule has 4 rings (SSSR count). The molecule has 2 aromatic carbocycles.